The Morgan fingerprint density at radius 1 is 1.32 bits per heavy atom. The van der Waals surface area contributed by atoms with Crippen LogP contribution in [0, 0.1) is 0 Å². The number of nitrogens with zero attached hydrogens (tertiary/aromatic N) is 4. The van der Waals surface area contributed by atoms with E-state index in [1.165, 1.54) is 16.8 Å². The number of carbonyl (C=O) groups is 1. The number of hydrogen-bond acceptors (Lipinski definition) is 6. The van der Waals surface area contributed by atoms with Crippen molar-refractivity contribution in [3.63, 3.8) is 0 Å². The molecule has 0 saturated carbocycles. The Labute approximate surface area is 164 Å². The van der Waals surface area contributed by atoms with E-state index in [-0.39, 0.29) is 23.4 Å². The molecular formula is C20H26N4O4. The van der Waals surface area contributed by atoms with Gasteiger partial charge in [0.15, 0.2) is 0 Å². The van der Waals surface area contributed by atoms with Crippen molar-refractivity contribution in [2.24, 2.45) is 0 Å². The second-order valence-corrected chi connectivity index (χ2v) is 7.95. The van der Waals surface area contributed by atoms with Crippen LogP contribution in [0.15, 0.2) is 41.5 Å². The van der Waals surface area contributed by atoms with Gasteiger partial charge in [-0.05, 0) is 45.4 Å². The molecule has 2 aromatic heterocycles. The Morgan fingerprint density at radius 2 is 2.07 bits per heavy atom. The molecule has 1 atom stereocenters. The van der Waals surface area contributed by atoms with Gasteiger partial charge in [0.1, 0.15) is 17.2 Å². The fraction of sp³-hybridized carbons (Fsp3) is 0.450. The Bertz CT molecular complexity index is 902. The summed E-state index contributed by atoms with van der Waals surface area (Å²) in [5, 5.41) is 9.37. The molecule has 8 nitrogen and oxygen atoms in total. The van der Waals surface area contributed by atoms with Crippen LogP contribution >= 0.6 is 0 Å². The summed E-state index contributed by atoms with van der Waals surface area (Å²) in [7, 11) is 1.76. The van der Waals surface area contributed by atoms with Gasteiger partial charge in [0.05, 0.1) is 17.9 Å². The van der Waals surface area contributed by atoms with E-state index in [4.69, 9.17) is 4.74 Å². The summed E-state index contributed by atoms with van der Waals surface area (Å²) in [6.45, 7) is 7.00. The molecule has 2 aromatic rings. The van der Waals surface area contributed by atoms with Crippen molar-refractivity contribution >= 4 is 11.9 Å². The van der Waals surface area contributed by atoms with E-state index in [1.807, 2.05) is 32.9 Å². The van der Waals surface area contributed by atoms with Gasteiger partial charge in [0.2, 0.25) is 0 Å². The average Bonchev–Trinajstić information content (AvgIpc) is 3.10. The molecule has 28 heavy (non-hydrogen) atoms. The highest BCUT2D eigenvalue weighted by atomic mass is 16.6. The predicted octanol–water partition coefficient (Wildman–Crippen LogP) is 2.38. The van der Waals surface area contributed by atoms with Crippen LogP contribution < -0.4 is 10.5 Å². The molecule has 3 rings (SSSR count). The van der Waals surface area contributed by atoms with E-state index in [1.54, 1.807) is 18.1 Å². The highest BCUT2D eigenvalue weighted by molar-refractivity contribution is 5.68. The van der Waals surface area contributed by atoms with E-state index < -0.39 is 5.60 Å². The lowest BCUT2D eigenvalue weighted by Gasteiger charge is -2.28. The molecule has 8 heteroatoms. The lowest BCUT2D eigenvalue weighted by Crippen LogP contribution is -2.42. The zero-order valence-electron chi connectivity index (χ0n) is 16.6. The highest BCUT2D eigenvalue weighted by Gasteiger charge is 2.31. The van der Waals surface area contributed by atoms with Gasteiger partial charge in [-0.25, -0.2) is 9.78 Å². The van der Waals surface area contributed by atoms with Crippen LogP contribution in [0.5, 0.6) is 5.75 Å². The normalized spacial score (nSPS) is 16.9. The summed E-state index contributed by atoms with van der Waals surface area (Å²) in [6, 6.07) is 6.32. The molecule has 0 aliphatic carbocycles. The molecule has 0 radical (unpaired) electrons. The fourth-order valence-corrected chi connectivity index (χ4v) is 3.14. The molecule has 1 aliphatic rings. The van der Waals surface area contributed by atoms with Gasteiger partial charge in [0.25, 0.3) is 5.56 Å². The molecule has 1 N–H and O–H groups in total. The number of aromatic nitrogens is 2. The number of hydrogen-bond donors (Lipinski definition) is 1. The third kappa shape index (κ3) is 4.44. The first-order chi connectivity index (χ1) is 13.1. The lowest BCUT2D eigenvalue weighted by molar-refractivity contribution is 0.0238. The SMILES string of the molecule is CN(C(=O)OC(C)(C)C)C1CCN(c2ccc(-n3ccc(O)cc3=O)cn2)C1. The summed E-state index contributed by atoms with van der Waals surface area (Å²) in [4.78, 5) is 32.5. The van der Waals surface area contributed by atoms with Crippen molar-refractivity contribution < 1.29 is 14.6 Å². The van der Waals surface area contributed by atoms with Crippen LogP contribution in [0.25, 0.3) is 5.69 Å². The van der Waals surface area contributed by atoms with E-state index in [2.05, 4.69) is 9.88 Å². The number of anilines is 1. The average molecular weight is 386 g/mol. The van der Waals surface area contributed by atoms with Crippen LogP contribution in [-0.2, 0) is 4.74 Å². The van der Waals surface area contributed by atoms with Gasteiger partial charge in [-0.3, -0.25) is 9.36 Å². The van der Waals surface area contributed by atoms with Crippen LogP contribution in [0.3, 0.4) is 0 Å². The third-order valence-electron chi connectivity index (χ3n) is 4.63. The maximum absolute atomic E-state index is 12.3. The van der Waals surface area contributed by atoms with Crippen molar-refractivity contribution in [3.8, 4) is 11.4 Å². The number of pyridine rings is 2. The van der Waals surface area contributed by atoms with Gasteiger partial charge in [-0.15, -0.1) is 0 Å². The Morgan fingerprint density at radius 3 is 2.68 bits per heavy atom. The second-order valence-electron chi connectivity index (χ2n) is 7.95. The maximum atomic E-state index is 12.3. The summed E-state index contributed by atoms with van der Waals surface area (Å²) in [5.41, 5.74) is -0.224. The highest BCUT2D eigenvalue weighted by Crippen LogP contribution is 2.23. The zero-order valence-corrected chi connectivity index (χ0v) is 16.6. The molecule has 1 unspecified atom stereocenters. The summed E-state index contributed by atoms with van der Waals surface area (Å²) in [5.74, 6) is 0.721. The van der Waals surface area contributed by atoms with Crippen LogP contribution in [0.2, 0.25) is 0 Å². The number of amides is 1. The van der Waals surface area contributed by atoms with Gasteiger partial charge in [-0.2, -0.15) is 0 Å². The smallest absolute Gasteiger partial charge is 0.410 e. The molecule has 1 saturated heterocycles. The van der Waals surface area contributed by atoms with Crippen molar-refractivity contribution in [3.05, 3.63) is 47.0 Å². The molecule has 1 amide bonds. The number of ether oxygens (including phenoxy) is 1. The molecule has 0 bridgehead atoms. The minimum Gasteiger partial charge on any atom is -0.508 e. The number of likely N-dealkylation sites (N-methyl/N-ethyl adjacent to an activating group) is 1. The molecular weight excluding hydrogens is 360 g/mol. The van der Waals surface area contributed by atoms with Crippen LogP contribution in [-0.4, -0.2) is 57.4 Å². The summed E-state index contributed by atoms with van der Waals surface area (Å²) in [6.07, 6.45) is 3.64. The summed E-state index contributed by atoms with van der Waals surface area (Å²) >= 11 is 0. The van der Waals surface area contributed by atoms with Crippen LogP contribution in [0.4, 0.5) is 10.6 Å². The minimum absolute atomic E-state index is 0.0519. The van der Waals surface area contributed by atoms with E-state index in [0.29, 0.717) is 12.2 Å². The zero-order chi connectivity index (χ0) is 20.5. The van der Waals surface area contributed by atoms with E-state index >= 15 is 0 Å². The Balaban J connectivity index is 1.67. The maximum Gasteiger partial charge on any atom is 0.410 e. The van der Waals surface area contributed by atoms with Crippen molar-refractivity contribution in [2.75, 3.05) is 25.0 Å². The standard InChI is InChI=1S/C20H26N4O4/c1-20(2,3)28-19(27)22(4)15-7-9-23(13-15)17-6-5-14(12-21-17)24-10-8-16(25)11-18(24)26/h5-6,8,10-12,15,25H,7,9,13H2,1-4H3. The first-order valence-electron chi connectivity index (χ1n) is 9.23. The third-order valence-corrected chi connectivity index (χ3v) is 4.63. The predicted molar refractivity (Wildman–Crippen MR) is 106 cm³/mol. The minimum atomic E-state index is -0.521. The fourth-order valence-electron chi connectivity index (χ4n) is 3.14. The summed E-state index contributed by atoms with van der Waals surface area (Å²) < 4.78 is 6.86. The largest absolute Gasteiger partial charge is 0.508 e. The molecule has 0 spiro atoms. The van der Waals surface area contributed by atoms with Crippen molar-refractivity contribution in [2.45, 2.75) is 38.8 Å². The number of rotatable bonds is 3. The van der Waals surface area contributed by atoms with Gasteiger partial charge < -0.3 is 19.6 Å². The van der Waals surface area contributed by atoms with Gasteiger partial charge in [0, 0.05) is 32.4 Å². The lowest BCUT2D eigenvalue weighted by atomic mass is 10.2. The topological polar surface area (TPSA) is 87.9 Å². The quantitative estimate of drug-likeness (QED) is 0.871. The molecule has 1 fully saturated rings. The van der Waals surface area contributed by atoms with Crippen LogP contribution in [0.1, 0.15) is 27.2 Å². The van der Waals surface area contributed by atoms with Gasteiger partial charge in [-0.1, -0.05) is 0 Å². The molecule has 3 heterocycles. The van der Waals surface area contributed by atoms with Gasteiger partial charge >= 0.3 is 6.09 Å². The first-order valence-corrected chi connectivity index (χ1v) is 9.23. The van der Waals surface area contributed by atoms with Crippen molar-refractivity contribution in [1.82, 2.24) is 14.5 Å². The van der Waals surface area contributed by atoms with E-state index in [9.17, 15) is 14.7 Å². The Kier molecular flexibility index (Phi) is 5.31. The molecule has 0 aromatic carbocycles. The monoisotopic (exact) mass is 386 g/mol. The molecule has 1 aliphatic heterocycles. The van der Waals surface area contributed by atoms with Crippen molar-refractivity contribution in [1.29, 1.82) is 0 Å². The first kappa shape index (κ1) is 19.7. The van der Waals surface area contributed by atoms with E-state index in [0.717, 1.165) is 24.8 Å². The number of carbonyl (C=O) groups excluding carboxylic acids is 1. The number of aromatic hydroxyl groups is 1. The second kappa shape index (κ2) is 7.53. The Hall–Kier alpha value is -3.03. The molecule has 150 valence electrons.